The van der Waals surface area contributed by atoms with E-state index in [1.807, 2.05) is 25.8 Å². The lowest BCUT2D eigenvalue weighted by molar-refractivity contribution is -0.136. The number of aliphatic hydroxyl groups is 2. The van der Waals surface area contributed by atoms with Gasteiger partial charge in [0.15, 0.2) is 5.43 Å². The molecule has 1 saturated heterocycles. The number of β-amino-alcohol motifs (C(OH)–C–C–N with tert-alkyl or cyclic N) is 1. The van der Waals surface area contributed by atoms with Crippen LogP contribution in [0.3, 0.4) is 0 Å². The lowest BCUT2D eigenvalue weighted by atomic mass is 9.85. The Morgan fingerprint density at radius 1 is 1.28 bits per heavy atom. The van der Waals surface area contributed by atoms with E-state index in [-0.39, 0.29) is 34.3 Å². The highest BCUT2D eigenvalue weighted by atomic mass is 35.5. The van der Waals surface area contributed by atoms with Crippen LogP contribution < -0.4 is 15.9 Å². The number of rotatable bonds is 10. The predicted octanol–water partition coefficient (Wildman–Crippen LogP) is 3.70. The van der Waals surface area contributed by atoms with Crippen molar-refractivity contribution >= 4 is 22.6 Å². The summed E-state index contributed by atoms with van der Waals surface area (Å²) in [5, 5.41) is 33.5. The van der Waals surface area contributed by atoms with E-state index in [2.05, 4.69) is 0 Å². The molecule has 4 atom stereocenters. The maximum atomic E-state index is 13.3. The lowest BCUT2D eigenvalue weighted by Crippen LogP contribution is -2.46. The maximum absolute atomic E-state index is 13.3. The quantitative estimate of drug-likeness (QED) is 0.274. The van der Waals surface area contributed by atoms with Crippen molar-refractivity contribution in [2.75, 3.05) is 33.2 Å². The Morgan fingerprint density at radius 3 is 2.69 bits per heavy atom. The maximum Gasteiger partial charge on any atom is 0.259 e. The van der Waals surface area contributed by atoms with Crippen LogP contribution in [-0.2, 0) is 0 Å². The van der Waals surface area contributed by atoms with Crippen molar-refractivity contribution in [1.29, 1.82) is 0 Å². The molecule has 0 saturated carbocycles. The molecule has 0 aliphatic carbocycles. The largest absolute Gasteiger partial charge is 0.507 e. The summed E-state index contributed by atoms with van der Waals surface area (Å²) < 4.78 is 12.3. The number of fused-ring (bicyclic) bond motifs is 1. The molecular formula is C29H38ClN3O6. The van der Waals surface area contributed by atoms with Crippen LogP contribution in [0.1, 0.15) is 44.6 Å². The molecule has 5 N–H and O–H groups in total. The SMILES string of the molecule is CCCC(N)CN(CC)C(O)Oc1cc(O)c2c(=O)cc(-c3ccccc3Cl)oc2c1[C@H]1CCN(C)C[C@H]1O. The van der Waals surface area contributed by atoms with Crippen molar-refractivity contribution in [1.82, 2.24) is 9.80 Å². The molecular weight excluding hydrogens is 522 g/mol. The lowest BCUT2D eigenvalue weighted by Gasteiger charge is -2.35. The van der Waals surface area contributed by atoms with Crippen molar-refractivity contribution in [3.8, 4) is 22.8 Å². The zero-order chi connectivity index (χ0) is 28.3. The Morgan fingerprint density at radius 2 is 2.03 bits per heavy atom. The van der Waals surface area contributed by atoms with Gasteiger partial charge < -0.3 is 35.1 Å². The third-order valence-corrected chi connectivity index (χ3v) is 7.69. The molecule has 2 unspecified atom stereocenters. The van der Waals surface area contributed by atoms with E-state index >= 15 is 0 Å². The van der Waals surface area contributed by atoms with E-state index in [0.29, 0.717) is 48.7 Å². The van der Waals surface area contributed by atoms with Gasteiger partial charge >= 0.3 is 0 Å². The molecule has 0 radical (unpaired) electrons. The van der Waals surface area contributed by atoms with Gasteiger partial charge in [-0.25, -0.2) is 4.90 Å². The first-order valence-electron chi connectivity index (χ1n) is 13.4. The van der Waals surface area contributed by atoms with Gasteiger partial charge in [-0.15, -0.1) is 0 Å². The van der Waals surface area contributed by atoms with Crippen LogP contribution in [0.5, 0.6) is 11.5 Å². The Labute approximate surface area is 233 Å². The van der Waals surface area contributed by atoms with Crippen molar-refractivity contribution in [2.24, 2.45) is 5.73 Å². The summed E-state index contributed by atoms with van der Waals surface area (Å²) in [5.41, 5.74) is 6.79. The second kappa shape index (κ2) is 12.7. The molecule has 4 rings (SSSR count). The number of benzene rings is 2. The number of ether oxygens (including phenoxy) is 1. The minimum Gasteiger partial charge on any atom is -0.507 e. The number of likely N-dealkylation sites (tertiary alicyclic amines) is 1. The van der Waals surface area contributed by atoms with Gasteiger partial charge in [-0.1, -0.05) is 44.0 Å². The monoisotopic (exact) mass is 559 g/mol. The molecule has 1 fully saturated rings. The molecule has 1 aliphatic heterocycles. The normalized spacial score (nSPS) is 19.9. The van der Waals surface area contributed by atoms with E-state index in [1.165, 1.54) is 12.1 Å². The summed E-state index contributed by atoms with van der Waals surface area (Å²) >= 11 is 6.41. The first-order valence-corrected chi connectivity index (χ1v) is 13.8. The molecule has 2 heterocycles. The summed E-state index contributed by atoms with van der Waals surface area (Å²) in [6, 6.07) is 9.45. The number of likely N-dealkylation sites (N-methyl/N-ethyl adjacent to an activating group) is 2. The number of aromatic hydroxyl groups is 1. The molecule has 39 heavy (non-hydrogen) atoms. The number of aliphatic hydroxyl groups excluding tert-OH is 2. The van der Waals surface area contributed by atoms with E-state index in [1.54, 1.807) is 29.2 Å². The van der Waals surface area contributed by atoms with Crippen LogP contribution in [0, 0.1) is 0 Å². The number of nitrogens with two attached hydrogens (primary N) is 1. The average Bonchev–Trinajstić information content (AvgIpc) is 2.88. The van der Waals surface area contributed by atoms with Crippen LogP contribution in [0.4, 0.5) is 0 Å². The zero-order valence-electron chi connectivity index (χ0n) is 22.6. The molecule has 3 aromatic rings. The third kappa shape index (κ3) is 6.40. The van der Waals surface area contributed by atoms with Gasteiger partial charge in [0.05, 0.1) is 11.1 Å². The molecule has 0 amide bonds. The fourth-order valence-electron chi connectivity index (χ4n) is 5.31. The summed E-state index contributed by atoms with van der Waals surface area (Å²) in [4.78, 5) is 17.0. The van der Waals surface area contributed by atoms with Crippen LogP contribution in [0.25, 0.3) is 22.3 Å². The Kier molecular flexibility index (Phi) is 9.53. The van der Waals surface area contributed by atoms with Gasteiger partial charge in [0.25, 0.3) is 6.41 Å². The molecule has 1 aromatic heterocycles. The first kappa shape index (κ1) is 29.3. The summed E-state index contributed by atoms with van der Waals surface area (Å²) in [7, 11) is 1.92. The fourth-order valence-corrected chi connectivity index (χ4v) is 5.54. The summed E-state index contributed by atoms with van der Waals surface area (Å²) in [6.07, 6.45) is 0.0753. The van der Waals surface area contributed by atoms with Crippen molar-refractivity contribution < 1.29 is 24.5 Å². The van der Waals surface area contributed by atoms with Gasteiger partial charge in [-0.3, -0.25) is 4.79 Å². The van der Waals surface area contributed by atoms with Gasteiger partial charge in [0, 0.05) is 54.9 Å². The molecule has 0 bridgehead atoms. The van der Waals surface area contributed by atoms with Crippen LogP contribution in [0.15, 0.2) is 45.6 Å². The van der Waals surface area contributed by atoms with E-state index < -0.39 is 23.9 Å². The third-order valence-electron chi connectivity index (χ3n) is 7.36. The number of phenolic OH excluding ortho intramolecular Hbond substituents is 1. The number of halogens is 1. The van der Waals surface area contributed by atoms with Crippen LogP contribution in [0.2, 0.25) is 5.02 Å². The Hall–Kier alpha value is -2.66. The second-order valence-corrected chi connectivity index (χ2v) is 10.7. The van der Waals surface area contributed by atoms with E-state index in [9.17, 15) is 20.1 Å². The average molecular weight is 560 g/mol. The van der Waals surface area contributed by atoms with Crippen molar-refractivity contribution in [2.45, 2.75) is 57.6 Å². The molecule has 1 aliphatic rings. The fraction of sp³-hybridized carbons (Fsp3) is 0.483. The van der Waals surface area contributed by atoms with Crippen molar-refractivity contribution in [3.05, 3.63) is 57.2 Å². The molecule has 212 valence electrons. The minimum atomic E-state index is -1.38. The van der Waals surface area contributed by atoms with E-state index in [4.69, 9.17) is 26.5 Å². The van der Waals surface area contributed by atoms with Crippen LogP contribution >= 0.6 is 11.6 Å². The van der Waals surface area contributed by atoms with Crippen LogP contribution in [-0.4, -0.2) is 76.9 Å². The highest BCUT2D eigenvalue weighted by Crippen LogP contribution is 2.44. The zero-order valence-corrected chi connectivity index (χ0v) is 23.4. The highest BCUT2D eigenvalue weighted by molar-refractivity contribution is 6.33. The second-order valence-electron chi connectivity index (χ2n) is 10.3. The Bertz CT molecular complexity index is 1350. The van der Waals surface area contributed by atoms with Gasteiger partial charge in [-0.05, 0) is 38.6 Å². The molecule has 0 spiro atoms. The van der Waals surface area contributed by atoms with Crippen molar-refractivity contribution in [3.63, 3.8) is 0 Å². The number of phenols is 1. The predicted molar refractivity (Wildman–Crippen MR) is 152 cm³/mol. The first-order chi connectivity index (χ1) is 18.6. The smallest absolute Gasteiger partial charge is 0.259 e. The van der Waals surface area contributed by atoms with Gasteiger partial charge in [-0.2, -0.15) is 0 Å². The van der Waals surface area contributed by atoms with Gasteiger partial charge in [0.1, 0.15) is 28.2 Å². The highest BCUT2D eigenvalue weighted by Gasteiger charge is 2.34. The molecule has 2 aromatic carbocycles. The number of piperidine rings is 1. The molecule has 9 nitrogen and oxygen atoms in total. The number of nitrogens with zero attached hydrogens (tertiary/aromatic N) is 2. The topological polar surface area (TPSA) is 133 Å². The summed E-state index contributed by atoms with van der Waals surface area (Å²) in [5.74, 6) is -0.472. The number of hydrogen-bond acceptors (Lipinski definition) is 9. The standard InChI is InChI=1S/C29H38ClN3O6/c1-4-8-17(31)15-33(5-2)29(37)39-25-14-22(35)27-21(34)13-24(18-9-6-7-10-20(18)30)38-28(27)26(25)19-11-12-32(3)16-23(19)36/h6-7,9-10,13-14,17,19,23,29,35-37H,4-5,8,11-12,15-16,31H2,1-3H3/t17?,19-,23+,29?/m0/s1. The molecule has 10 heteroatoms. The summed E-state index contributed by atoms with van der Waals surface area (Å²) in [6.45, 7) is 5.90. The number of hydrogen-bond donors (Lipinski definition) is 4. The Balaban J connectivity index is 1.88. The van der Waals surface area contributed by atoms with Gasteiger partial charge in [0.2, 0.25) is 0 Å². The minimum absolute atomic E-state index is 0.0221. The van der Waals surface area contributed by atoms with E-state index in [0.717, 1.165) is 12.8 Å².